The molecule has 7 heterocycles. The van der Waals surface area contributed by atoms with Gasteiger partial charge in [0.05, 0.1) is 26.8 Å². The minimum atomic E-state index is 0.497. The number of nitrogens with zero attached hydrogens (tertiary/aromatic N) is 6. The van der Waals surface area contributed by atoms with E-state index in [1.165, 1.54) is 4.88 Å². The van der Waals surface area contributed by atoms with Crippen LogP contribution in [-0.2, 0) is 0 Å². The number of fused-ring (bicyclic) bond motifs is 2. The summed E-state index contributed by atoms with van der Waals surface area (Å²) in [4.78, 5) is 34.4. The van der Waals surface area contributed by atoms with Crippen LogP contribution in [0.25, 0.3) is 75.7 Å². The normalized spacial score (nSPS) is 11.4. The van der Waals surface area contributed by atoms with Crippen molar-refractivity contribution in [1.82, 2.24) is 29.9 Å². The lowest BCUT2D eigenvalue weighted by molar-refractivity contribution is 1.19. The topological polar surface area (TPSA) is 77.3 Å². The van der Waals surface area contributed by atoms with Gasteiger partial charge in [-0.1, -0.05) is 48.5 Å². The highest BCUT2D eigenvalue weighted by atomic mass is 32.1. The molecule has 0 spiro atoms. The van der Waals surface area contributed by atoms with E-state index in [4.69, 9.17) is 24.9 Å². The standard InChI is InChI=1S/C32H18N6S3/c1-2-9-19(10-3-1)24-26(20-11-6-16-34-25(20)21-12-4-5-15-33-21)36-32-31(35-24)37-27-28(38-32)30(23-14-8-18-40-23)41-29(27)22-13-7-17-39-22/h1-18H. The lowest BCUT2D eigenvalue weighted by Gasteiger charge is -2.13. The molecule has 0 fully saturated rings. The zero-order valence-corrected chi connectivity index (χ0v) is 23.7. The van der Waals surface area contributed by atoms with Gasteiger partial charge in [0.2, 0.25) is 0 Å². The van der Waals surface area contributed by atoms with Gasteiger partial charge in [0.1, 0.15) is 16.7 Å². The lowest BCUT2D eigenvalue weighted by atomic mass is 10.0. The third-order valence-corrected chi connectivity index (χ3v) is 9.93. The zero-order valence-electron chi connectivity index (χ0n) is 21.3. The van der Waals surface area contributed by atoms with Gasteiger partial charge in [0, 0.05) is 33.3 Å². The first-order valence-corrected chi connectivity index (χ1v) is 15.4. The van der Waals surface area contributed by atoms with Crippen LogP contribution in [0.15, 0.2) is 108 Å². The van der Waals surface area contributed by atoms with E-state index >= 15 is 0 Å². The number of hydrogen-bond donors (Lipinski definition) is 0. The molecule has 9 heteroatoms. The fourth-order valence-electron chi connectivity index (χ4n) is 4.84. The molecule has 0 amide bonds. The molecule has 0 N–H and O–H groups in total. The predicted molar refractivity (Wildman–Crippen MR) is 169 cm³/mol. The maximum absolute atomic E-state index is 5.16. The van der Waals surface area contributed by atoms with Gasteiger partial charge in [-0.2, -0.15) is 0 Å². The highest BCUT2D eigenvalue weighted by Gasteiger charge is 2.23. The van der Waals surface area contributed by atoms with Crippen LogP contribution < -0.4 is 0 Å². The van der Waals surface area contributed by atoms with Crippen molar-refractivity contribution >= 4 is 56.3 Å². The summed E-state index contributed by atoms with van der Waals surface area (Å²) < 4.78 is 0. The van der Waals surface area contributed by atoms with Crippen molar-refractivity contribution in [1.29, 1.82) is 0 Å². The van der Waals surface area contributed by atoms with E-state index < -0.39 is 0 Å². The molecule has 6 nitrogen and oxygen atoms in total. The molecule has 1 aromatic carbocycles. The predicted octanol–water partition coefficient (Wildman–Crippen LogP) is 8.88. The molecule has 0 aliphatic rings. The van der Waals surface area contributed by atoms with Crippen molar-refractivity contribution in [3.8, 4) is 53.4 Å². The first-order valence-electron chi connectivity index (χ1n) is 12.9. The smallest absolute Gasteiger partial charge is 0.199 e. The van der Waals surface area contributed by atoms with Crippen molar-refractivity contribution in [2.45, 2.75) is 0 Å². The van der Waals surface area contributed by atoms with Crippen molar-refractivity contribution in [2.24, 2.45) is 0 Å². The monoisotopic (exact) mass is 582 g/mol. The van der Waals surface area contributed by atoms with Gasteiger partial charge in [0.25, 0.3) is 0 Å². The first-order chi connectivity index (χ1) is 20.3. The molecular formula is C32H18N6S3. The summed E-state index contributed by atoms with van der Waals surface area (Å²) in [6.07, 6.45) is 3.55. The van der Waals surface area contributed by atoms with Gasteiger partial charge in [-0.25, -0.2) is 19.9 Å². The SMILES string of the molecule is c1ccc(-c2nc3nc4c(-c5cccs5)sc(-c5cccs5)c4nc3nc2-c2cccnc2-c2ccccn2)cc1. The van der Waals surface area contributed by atoms with E-state index in [-0.39, 0.29) is 0 Å². The number of aromatic nitrogens is 6. The average molecular weight is 583 g/mol. The van der Waals surface area contributed by atoms with Crippen LogP contribution in [0.4, 0.5) is 0 Å². The van der Waals surface area contributed by atoms with Gasteiger partial charge < -0.3 is 0 Å². The van der Waals surface area contributed by atoms with Gasteiger partial charge >= 0.3 is 0 Å². The molecule has 0 radical (unpaired) electrons. The third-order valence-electron chi connectivity index (χ3n) is 6.66. The number of hydrogen-bond acceptors (Lipinski definition) is 9. The molecule has 0 atom stereocenters. The molecule has 0 saturated carbocycles. The quantitative estimate of drug-likeness (QED) is 0.202. The fraction of sp³-hybridized carbons (Fsp3) is 0. The maximum Gasteiger partial charge on any atom is 0.199 e. The average Bonchev–Trinajstić information content (AvgIpc) is 3.82. The zero-order chi connectivity index (χ0) is 27.2. The van der Waals surface area contributed by atoms with E-state index in [1.807, 2.05) is 60.7 Å². The van der Waals surface area contributed by atoms with Crippen molar-refractivity contribution in [2.75, 3.05) is 0 Å². The van der Waals surface area contributed by atoms with Crippen molar-refractivity contribution in [3.05, 3.63) is 108 Å². The van der Waals surface area contributed by atoms with Crippen LogP contribution >= 0.6 is 34.0 Å². The highest BCUT2D eigenvalue weighted by Crippen LogP contribution is 2.45. The van der Waals surface area contributed by atoms with Gasteiger partial charge in [-0.15, -0.1) is 34.0 Å². The van der Waals surface area contributed by atoms with Gasteiger partial charge in [0.15, 0.2) is 11.3 Å². The maximum atomic E-state index is 5.16. The summed E-state index contributed by atoms with van der Waals surface area (Å²) in [6, 6.07) is 28.2. The molecule has 8 rings (SSSR count). The highest BCUT2D eigenvalue weighted by molar-refractivity contribution is 7.27. The second-order valence-electron chi connectivity index (χ2n) is 9.18. The summed E-state index contributed by atoms with van der Waals surface area (Å²) in [7, 11) is 0. The minimum Gasteiger partial charge on any atom is -0.255 e. The Hall–Kier alpha value is -4.70. The van der Waals surface area contributed by atoms with Crippen molar-refractivity contribution < 1.29 is 0 Å². The molecule has 41 heavy (non-hydrogen) atoms. The Balaban J connectivity index is 1.44. The first kappa shape index (κ1) is 24.1. The molecule has 0 aliphatic carbocycles. The molecule has 194 valence electrons. The Bertz CT molecular complexity index is 2140. The van der Waals surface area contributed by atoms with E-state index in [2.05, 4.69) is 40.0 Å². The van der Waals surface area contributed by atoms with Crippen LogP contribution in [0, 0.1) is 0 Å². The summed E-state index contributed by atoms with van der Waals surface area (Å²) in [5, 5.41) is 4.18. The molecular weight excluding hydrogens is 565 g/mol. The third kappa shape index (κ3) is 4.22. The Morgan fingerprint density at radius 1 is 0.488 bits per heavy atom. The van der Waals surface area contributed by atoms with Crippen LogP contribution in [0.2, 0.25) is 0 Å². The van der Waals surface area contributed by atoms with Crippen LogP contribution in [-0.4, -0.2) is 29.9 Å². The number of rotatable bonds is 5. The second kappa shape index (κ2) is 10.0. The molecule has 0 saturated heterocycles. The summed E-state index contributed by atoms with van der Waals surface area (Å²) in [5.74, 6) is 0. The van der Waals surface area contributed by atoms with E-state index in [1.54, 1.807) is 46.4 Å². The van der Waals surface area contributed by atoms with E-state index in [0.29, 0.717) is 17.0 Å². The van der Waals surface area contributed by atoms with Gasteiger partial charge in [-0.05, 0) is 47.2 Å². The number of pyridine rings is 2. The van der Waals surface area contributed by atoms with Gasteiger partial charge in [-0.3, -0.25) is 9.97 Å². The number of thiophene rings is 3. The number of benzene rings is 1. The Morgan fingerprint density at radius 3 is 1.78 bits per heavy atom. The molecule has 7 aromatic heterocycles. The van der Waals surface area contributed by atoms with E-state index in [9.17, 15) is 0 Å². The summed E-state index contributed by atoms with van der Waals surface area (Å²) in [6.45, 7) is 0. The Morgan fingerprint density at radius 2 is 1.15 bits per heavy atom. The minimum absolute atomic E-state index is 0.497. The van der Waals surface area contributed by atoms with E-state index in [0.717, 1.165) is 53.9 Å². The fourth-order valence-corrected chi connectivity index (χ4v) is 7.73. The molecule has 0 unspecified atom stereocenters. The summed E-state index contributed by atoms with van der Waals surface area (Å²) in [5.41, 5.74) is 7.41. The lowest BCUT2D eigenvalue weighted by Crippen LogP contribution is -2.01. The van der Waals surface area contributed by atoms with Crippen molar-refractivity contribution in [3.63, 3.8) is 0 Å². The molecule has 0 aliphatic heterocycles. The Kier molecular flexibility index (Phi) is 5.91. The second-order valence-corrected chi connectivity index (χ2v) is 12.1. The Labute approximate surface area is 246 Å². The molecule has 8 aromatic rings. The van der Waals surface area contributed by atoms with Crippen LogP contribution in [0.1, 0.15) is 0 Å². The largest absolute Gasteiger partial charge is 0.255 e. The molecule has 0 bridgehead atoms. The van der Waals surface area contributed by atoms with Crippen LogP contribution in [0.3, 0.4) is 0 Å². The summed E-state index contributed by atoms with van der Waals surface area (Å²) >= 11 is 5.13. The van der Waals surface area contributed by atoms with Crippen LogP contribution in [0.5, 0.6) is 0 Å².